The van der Waals surface area contributed by atoms with Crippen LogP contribution in [0.2, 0.25) is 0 Å². The first-order chi connectivity index (χ1) is 15.0. The highest BCUT2D eigenvalue weighted by molar-refractivity contribution is 7.89. The van der Waals surface area contributed by atoms with Gasteiger partial charge in [-0.25, -0.2) is 8.42 Å². The minimum absolute atomic E-state index is 0.0135. The number of carbonyl (C=O) groups is 1. The standard InChI is InChI=1S/C23H24N2O6S/c1-23(2,3)31-22(26)19(15-16-12-13-17-8-4-5-9-18(17)14-16)24-32(29,30)21-11-7-6-10-20(21)25(27)28/h4-14,19,24H,15H2,1-3H3/t19-/m0/s1. The molecule has 0 saturated carbocycles. The van der Waals surface area contributed by atoms with E-state index in [9.17, 15) is 23.3 Å². The van der Waals surface area contributed by atoms with E-state index in [4.69, 9.17) is 4.74 Å². The van der Waals surface area contributed by atoms with Crippen LogP contribution < -0.4 is 4.72 Å². The third kappa shape index (κ3) is 5.68. The van der Waals surface area contributed by atoms with E-state index in [1.807, 2.05) is 36.4 Å². The van der Waals surface area contributed by atoms with Gasteiger partial charge < -0.3 is 4.74 Å². The molecule has 0 saturated heterocycles. The van der Waals surface area contributed by atoms with Crippen LogP contribution in [0.4, 0.5) is 5.69 Å². The predicted molar refractivity (Wildman–Crippen MR) is 121 cm³/mol. The first kappa shape index (κ1) is 23.4. The molecule has 1 atom stereocenters. The van der Waals surface area contributed by atoms with Gasteiger partial charge in [-0.15, -0.1) is 0 Å². The number of nitro groups is 1. The van der Waals surface area contributed by atoms with Crippen LogP contribution >= 0.6 is 0 Å². The van der Waals surface area contributed by atoms with Crippen LogP contribution in [0.1, 0.15) is 26.3 Å². The molecule has 168 valence electrons. The highest BCUT2D eigenvalue weighted by Crippen LogP contribution is 2.24. The fraction of sp³-hybridized carbons (Fsp3) is 0.261. The number of carbonyl (C=O) groups excluding carboxylic acids is 1. The molecule has 1 N–H and O–H groups in total. The molecule has 9 heteroatoms. The van der Waals surface area contributed by atoms with Gasteiger partial charge in [-0.2, -0.15) is 4.72 Å². The van der Waals surface area contributed by atoms with Gasteiger partial charge in [0.2, 0.25) is 10.0 Å². The van der Waals surface area contributed by atoms with Crippen molar-refractivity contribution in [2.75, 3.05) is 0 Å². The van der Waals surface area contributed by atoms with Crippen molar-refractivity contribution < 1.29 is 22.9 Å². The lowest BCUT2D eigenvalue weighted by atomic mass is 10.0. The number of esters is 1. The van der Waals surface area contributed by atoms with E-state index in [2.05, 4.69) is 4.72 Å². The third-order valence-electron chi connectivity index (χ3n) is 4.59. The summed E-state index contributed by atoms with van der Waals surface area (Å²) in [4.78, 5) is 22.9. The van der Waals surface area contributed by atoms with Gasteiger partial charge in [0, 0.05) is 6.07 Å². The van der Waals surface area contributed by atoms with E-state index >= 15 is 0 Å². The van der Waals surface area contributed by atoms with Gasteiger partial charge in [0.05, 0.1) is 4.92 Å². The smallest absolute Gasteiger partial charge is 0.325 e. The minimum atomic E-state index is -4.39. The summed E-state index contributed by atoms with van der Waals surface area (Å²) in [6, 6.07) is 16.9. The molecule has 0 spiro atoms. The summed E-state index contributed by atoms with van der Waals surface area (Å²) in [6.07, 6.45) is 0.0135. The van der Waals surface area contributed by atoms with Crippen molar-refractivity contribution >= 4 is 32.5 Å². The molecule has 3 rings (SSSR count). The van der Waals surface area contributed by atoms with E-state index in [1.54, 1.807) is 26.8 Å². The van der Waals surface area contributed by atoms with Gasteiger partial charge in [0.1, 0.15) is 11.6 Å². The SMILES string of the molecule is CC(C)(C)OC(=O)[C@H](Cc1ccc2ccccc2c1)NS(=O)(=O)c1ccccc1[N+](=O)[O-]. The van der Waals surface area contributed by atoms with Crippen molar-refractivity contribution in [1.82, 2.24) is 4.72 Å². The van der Waals surface area contributed by atoms with E-state index in [0.717, 1.165) is 22.9 Å². The second-order valence-corrected chi connectivity index (χ2v) is 10.0. The maximum atomic E-state index is 13.0. The molecular weight excluding hydrogens is 432 g/mol. The number of hydrogen-bond acceptors (Lipinski definition) is 6. The van der Waals surface area contributed by atoms with Crippen LogP contribution in [0.3, 0.4) is 0 Å². The monoisotopic (exact) mass is 456 g/mol. The Balaban J connectivity index is 1.97. The maximum absolute atomic E-state index is 13.0. The fourth-order valence-electron chi connectivity index (χ4n) is 3.23. The summed E-state index contributed by atoms with van der Waals surface area (Å²) in [5, 5.41) is 13.3. The van der Waals surface area contributed by atoms with Gasteiger partial charge in [0.15, 0.2) is 4.90 Å². The Labute approximate surface area is 186 Å². The van der Waals surface area contributed by atoms with Crippen molar-refractivity contribution in [3.8, 4) is 0 Å². The molecule has 0 unspecified atom stereocenters. The summed E-state index contributed by atoms with van der Waals surface area (Å²) in [7, 11) is -4.39. The van der Waals surface area contributed by atoms with Crippen LogP contribution in [0.15, 0.2) is 71.6 Å². The van der Waals surface area contributed by atoms with E-state index in [1.165, 1.54) is 12.1 Å². The molecule has 3 aromatic carbocycles. The molecule has 0 aliphatic heterocycles. The topological polar surface area (TPSA) is 116 Å². The van der Waals surface area contributed by atoms with Gasteiger partial charge in [0.25, 0.3) is 5.69 Å². The van der Waals surface area contributed by atoms with Crippen LogP contribution in [-0.4, -0.2) is 31.0 Å². The highest BCUT2D eigenvalue weighted by atomic mass is 32.2. The fourth-order valence-corrected chi connectivity index (χ4v) is 4.59. The normalized spacial score (nSPS) is 13.0. The number of nitrogens with one attached hydrogen (secondary N) is 1. The second-order valence-electron chi connectivity index (χ2n) is 8.32. The number of para-hydroxylation sites is 1. The number of nitro benzene ring substituents is 1. The number of nitrogens with zero attached hydrogens (tertiary/aromatic N) is 1. The molecule has 0 heterocycles. The number of hydrogen-bond donors (Lipinski definition) is 1. The highest BCUT2D eigenvalue weighted by Gasteiger charge is 2.33. The summed E-state index contributed by atoms with van der Waals surface area (Å²) in [5.41, 5.74) is -0.707. The quantitative estimate of drug-likeness (QED) is 0.327. The van der Waals surface area contributed by atoms with Crippen LogP contribution in [0.5, 0.6) is 0 Å². The Morgan fingerprint density at radius 2 is 1.66 bits per heavy atom. The molecule has 0 bridgehead atoms. The zero-order valence-corrected chi connectivity index (χ0v) is 18.8. The van der Waals surface area contributed by atoms with E-state index in [0.29, 0.717) is 5.56 Å². The third-order valence-corrected chi connectivity index (χ3v) is 6.11. The molecule has 0 radical (unpaired) electrons. The molecule has 0 aliphatic carbocycles. The Kier molecular flexibility index (Phi) is 6.61. The van der Waals surface area contributed by atoms with Crippen LogP contribution in [0.25, 0.3) is 10.8 Å². The van der Waals surface area contributed by atoms with Crippen molar-refractivity contribution in [3.05, 3.63) is 82.4 Å². The minimum Gasteiger partial charge on any atom is -0.459 e. The molecule has 0 aromatic heterocycles. The Morgan fingerprint density at radius 3 is 2.31 bits per heavy atom. The predicted octanol–water partition coefficient (Wildman–Crippen LogP) is 3.98. The molecule has 0 amide bonds. The number of sulfonamides is 1. The first-order valence-corrected chi connectivity index (χ1v) is 11.4. The van der Waals surface area contributed by atoms with E-state index in [-0.39, 0.29) is 6.42 Å². The van der Waals surface area contributed by atoms with Gasteiger partial charge in [-0.3, -0.25) is 14.9 Å². The van der Waals surface area contributed by atoms with E-state index < -0.39 is 43.1 Å². The van der Waals surface area contributed by atoms with Gasteiger partial charge in [-0.05, 0) is 49.6 Å². The zero-order valence-electron chi connectivity index (χ0n) is 17.9. The number of benzene rings is 3. The average molecular weight is 457 g/mol. The van der Waals surface area contributed by atoms with Crippen molar-refractivity contribution in [2.45, 2.75) is 43.7 Å². The number of ether oxygens (including phenoxy) is 1. The van der Waals surface area contributed by atoms with Crippen molar-refractivity contribution in [2.24, 2.45) is 0 Å². The van der Waals surface area contributed by atoms with Gasteiger partial charge in [-0.1, -0.05) is 54.6 Å². The maximum Gasteiger partial charge on any atom is 0.325 e. The van der Waals surface area contributed by atoms with Crippen LogP contribution in [-0.2, 0) is 26.0 Å². The van der Waals surface area contributed by atoms with Crippen molar-refractivity contribution in [3.63, 3.8) is 0 Å². The number of fused-ring (bicyclic) bond motifs is 1. The lowest BCUT2D eigenvalue weighted by molar-refractivity contribution is -0.387. The Hall–Kier alpha value is -3.30. The summed E-state index contributed by atoms with van der Waals surface area (Å²) >= 11 is 0. The van der Waals surface area contributed by atoms with Crippen LogP contribution in [0, 0.1) is 10.1 Å². The Bertz CT molecular complexity index is 1260. The molecule has 8 nitrogen and oxygen atoms in total. The first-order valence-electron chi connectivity index (χ1n) is 9.92. The molecular formula is C23H24N2O6S. The lowest BCUT2D eigenvalue weighted by Crippen LogP contribution is -2.45. The summed E-state index contributed by atoms with van der Waals surface area (Å²) in [6.45, 7) is 5.03. The number of rotatable bonds is 7. The average Bonchev–Trinajstić information content (AvgIpc) is 2.72. The summed E-state index contributed by atoms with van der Waals surface area (Å²) in [5.74, 6) is -0.771. The largest absolute Gasteiger partial charge is 0.459 e. The summed E-state index contributed by atoms with van der Waals surface area (Å²) < 4.78 is 33.8. The lowest BCUT2D eigenvalue weighted by Gasteiger charge is -2.24. The van der Waals surface area contributed by atoms with Crippen molar-refractivity contribution in [1.29, 1.82) is 0 Å². The molecule has 32 heavy (non-hydrogen) atoms. The molecule has 3 aromatic rings. The second kappa shape index (κ2) is 9.05. The molecule has 0 fully saturated rings. The zero-order chi connectivity index (χ0) is 23.5. The molecule has 0 aliphatic rings. The Morgan fingerprint density at radius 1 is 1.03 bits per heavy atom. The van der Waals surface area contributed by atoms with Gasteiger partial charge >= 0.3 is 5.97 Å².